The summed E-state index contributed by atoms with van der Waals surface area (Å²) in [6.45, 7) is 0. The number of aromatic nitrogens is 5. The van der Waals surface area contributed by atoms with Crippen LogP contribution >= 0.6 is 0 Å². The van der Waals surface area contributed by atoms with Gasteiger partial charge in [0, 0.05) is 55.2 Å². The van der Waals surface area contributed by atoms with Gasteiger partial charge in [-0.05, 0) is 107 Å². The van der Waals surface area contributed by atoms with Gasteiger partial charge in [0.1, 0.15) is 0 Å². The smallest absolute Gasteiger partial charge is 0.164 e. The lowest BCUT2D eigenvalue weighted by Crippen LogP contribution is -2.04. The van der Waals surface area contributed by atoms with Crippen LogP contribution in [0.3, 0.4) is 0 Å². The molecule has 0 aliphatic heterocycles. The number of hydrogen-bond donors (Lipinski definition) is 0. The van der Waals surface area contributed by atoms with Crippen molar-refractivity contribution in [3.63, 3.8) is 0 Å². The van der Waals surface area contributed by atoms with Gasteiger partial charge in [-0.25, -0.2) is 15.0 Å². The maximum Gasteiger partial charge on any atom is 0.164 e. The van der Waals surface area contributed by atoms with Crippen molar-refractivity contribution in [2.45, 2.75) is 0 Å². The van der Waals surface area contributed by atoms with E-state index in [0.717, 1.165) is 88.4 Å². The Morgan fingerprint density at radius 2 is 0.662 bits per heavy atom. The van der Waals surface area contributed by atoms with Crippen molar-refractivity contribution >= 4 is 43.6 Å². The summed E-state index contributed by atoms with van der Waals surface area (Å²) in [4.78, 5) is 16.5. The molecule has 0 N–H and O–H groups in total. The van der Waals surface area contributed by atoms with Crippen LogP contribution in [0.15, 0.2) is 231 Å². The molecule has 8 heteroatoms. The summed E-state index contributed by atoms with van der Waals surface area (Å²) < 4.78 is 4.55. The van der Waals surface area contributed by atoms with E-state index in [9.17, 15) is 15.8 Å². The molecular weight excluding hydrogens is 905 g/mol. The number of nitrogens with zero attached hydrogens (tertiary/aromatic N) is 8. The Balaban J connectivity index is 1.14. The Bertz CT molecular complexity index is 4210. The minimum Gasteiger partial charge on any atom is -0.309 e. The molecule has 0 amide bonds. The number of benzene rings is 10. The van der Waals surface area contributed by atoms with Crippen LogP contribution in [0.1, 0.15) is 16.7 Å². The average Bonchev–Trinajstić information content (AvgIpc) is 4.00. The molecule has 0 aliphatic carbocycles. The number of rotatable bonds is 8. The first-order chi connectivity index (χ1) is 36.6. The van der Waals surface area contributed by atoms with E-state index in [1.165, 1.54) is 0 Å². The third-order valence-corrected chi connectivity index (χ3v) is 13.9. The zero-order valence-corrected chi connectivity index (χ0v) is 39.5. The predicted molar refractivity (Wildman–Crippen MR) is 295 cm³/mol. The van der Waals surface area contributed by atoms with E-state index in [1.807, 2.05) is 84.9 Å². The van der Waals surface area contributed by atoms with Gasteiger partial charge in [-0.15, -0.1) is 0 Å². The van der Waals surface area contributed by atoms with Crippen molar-refractivity contribution < 1.29 is 0 Å². The van der Waals surface area contributed by atoms with E-state index < -0.39 is 0 Å². The summed E-state index contributed by atoms with van der Waals surface area (Å²) >= 11 is 0. The van der Waals surface area contributed by atoms with Crippen LogP contribution in [0.5, 0.6) is 0 Å². The maximum atomic E-state index is 10.4. The number of hydrogen-bond acceptors (Lipinski definition) is 6. The van der Waals surface area contributed by atoms with E-state index in [0.29, 0.717) is 50.9 Å². The van der Waals surface area contributed by atoms with E-state index in [4.69, 9.17) is 15.0 Å². The Morgan fingerprint density at radius 1 is 0.284 bits per heavy atom. The summed E-state index contributed by atoms with van der Waals surface area (Å²) in [5, 5.41) is 35.3. The lowest BCUT2D eigenvalue weighted by Gasteiger charge is -2.18. The molecule has 0 saturated carbocycles. The Labute approximate surface area is 425 Å². The van der Waals surface area contributed by atoms with E-state index in [-0.39, 0.29) is 0 Å². The molecule has 0 atom stereocenters. The van der Waals surface area contributed by atoms with Crippen LogP contribution in [-0.2, 0) is 0 Å². The molecule has 3 heterocycles. The second-order valence-electron chi connectivity index (χ2n) is 18.1. The first kappa shape index (κ1) is 43.3. The second-order valence-corrected chi connectivity index (χ2v) is 18.1. The lowest BCUT2D eigenvalue weighted by atomic mass is 9.94. The first-order valence-corrected chi connectivity index (χ1v) is 24.2. The van der Waals surface area contributed by atoms with Crippen molar-refractivity contribution in [1.82, 2.24) is 24.1 Å². The fourth-order valence-electron chi connectivity index (χ4n) is 10.6. The number of para-hydroxylation sites is 4. The zero-order chi connectivity index (χ0) is 49.7. The quantitative estimate of drug-likeness (QED) is 0.150. The molecular formula is C66H38N8. The molecule has 74 heavy (non-hydrogen) atoms. The van der Waals surface area contributed by atoms with Crippen LogP contribution in [0.2, 0.25) is 0 Å². The minimum atomic E-state index is 0.395. The van der Waals surface area contributed by atoms with Crippen molar-refractivity contribution in [3.8, 4) is 97.1 Å². The number of nitriles is 3. The zero-order valence-electron chi connectivity index (χ0n) is 39.5. The van der Waals surface area contributed by atoms with Gasteiger partial charge in [-0.1, -0.05) is 152 Å². The van der Waals surface area contributed by atoms with E-state index in [1.54, 1.807) is 12.1 Å². The fraction of sp³-hybridized carbons (Fsp3) is 0. The molecule has 8 nitrogen and oxygen atoms in total. The lowest BCUT2D eigenvalue weighted by molar-refractivity contribution is 1.07. The van der Waals surface area contributed by atoms with Gasteiger partial charge in [0.2, 0.25) is 0 Å². The standard InChI is InChI=1S/C66H38N8/c67-39-42-15-13-18-44(35-42)50-33-31-47(73-60-27-9-5-22-53(60)54-23-6-10-28-61(54)73)37-58(50)65-70-64(57-26-4-3-21-52(57)49-20-2-1-17-46(49)41-69)71-66(72-65)59-38-48(32-34-51(59)45-19-14-16-43(36-45)40-68)74-62-29-11-7-24-55(62)56-25-8-12-30-63(56)74/h1-38H. The average molecular weight is 943 g/mol. The molecule has 10 aromatic carbocycles. The molecule has 0 spiro atoms. The van der Waals surface area contributed by atoms with Gasteiger partial charge >= 0.3 is 0 Å². The van der Waals surface area contributed by atoms with Crippen molar-refractivity contribution in [3.05, 3.63) is 247 Å². The van der Waals surface area contributed by atoms with Crippen LogP contribution in [0, 0.1) is 34.0 Å². The van der Waals surface area contributed by atoms with Crippen molar-refractivity contribution in [1.29, 1.82) is 15.8 Å². The molecule has 0 aliphatic rings. The summed E-state index contributed by atoms with van der Waals surface area (Å²) in [7, 11) is 0. The molecule has 3 aromatic heterocycles. The monoisotopic (exact) mass is 942 g/mol. The highest BCUT2D eigenvalue weighted by Crippen LogP contribution is 2.42. The molecule has 13 aromatic rings. The van der Waals surface area contributed by atoms with Crippen LogP contribution in [-0.4, -0.2) is 24.1 Å². The van der Waals surface area contributed by atoms with Crippen LogP contribution < -0.4 is 0 Å². The Kier molecular flexibility index (Phi) is 10.5. The van der Waals surface area contributed by atoms with Gasteiger partial charge in [0.25, 0.3) is 0 Å². The SMILES string of the molecule is N#Cc1cccc(-c2ccc(-n3c4ccccc4c4ccccc43)cc2-c2nc(-c3cc(-n4c5ccccc5c5ccccc54)ccc3-c3cccc(C#N)c3)nc(-c3ccccc3-c3ccccc3C#N)n2)c1. The van der Waals surface area contributed by atoms with E-state index in [2.05, 4.69) is 161 Å². The minimum absolute atomic E-state index is 0.395. The topological polar surface area (TPSA) is 120 Å². The predicted octanol–water partition coefficient (Wildman–Crippen LogP) is 15.7. The van der Waals surface area contributed by atoms with Crippen LogP contribution in [0.25, 0.3) is 123 Å². The molecule has 342 valence electrons. The van der Waals surface area contributed by atoms with Gasteiger partial charge in [0.15, 0.2) is 17.5 Å². The highest BCUT2D eigenvalue weighted by molar-refractivity contribution is 6.10. The molecule has 13 rings (SSSR count). The van der Waals surface area contributed by atoms with Crippen molar-refractivity contribution in [2.24, 2.45) is 0 Å². The molecule has 0 unspecified atom stereocenters. The molecule has 0 saturated heterocycles. The summed E-state index contributed by atoms with van der Waals surface area (Å²) in [6, 6.07) is 84.1. The van der Waals surface area contributed by atoms with Gasteiger partial charge in [-0.2, -0.15) is 15.8 Å². The second kappa shape index (κ2) is 17.9. The highest BCUT2D eigenvalue weighted by atomic mass is 15.0. The van der Waals surface area contributed by atoms with Crippen LogP contribution in [0.4, 0.5) is 0 Å². The Morgan fingerprint density at radius 3 is 1.09 bits per heavy atom. The molecule has 0 fully saturated rings. The van der Waals surface area contributed by atoms with E-state index >= 15 is 0 Å². The summed E-state index contributed by atoms with van der Waals surface area (Å²) in [6.07, 6.45) is 0. The largest absolute Gasteiger partial charge is 0.309 e. The van der Waals surface area contributed by atoms with Gasteiger partial charge < -0.3 is 9.13 Å². The Hall–Kier alpha value is -10.7. The van der Waals surface area contributed by atoms with Gasteiger partial charge in [0.05, 0.1) is 57.0 Å². The molecule has 0 radical (unpaired) electrons. The third-order valence-electron chi connectivity index (χ3n) is 13.9. The first-order valence-electron chi connectivity index (χ1n) is 24.2. The van der Waals surface area contributed by atoms with Crippen molar-refractivity contribution in [2.75, 3.05) is 0 Å². The number of fused-ring (bicyclic) bond motifs is 6. The maximum absolute atomic E-state index is 10.4. The van der Waals surface area contributed by atoms with Gasteiger partial charge in [-0.3, -0.25) is 0 Å². The summed E-state index contributed by atoms with van der Waals surface area (Å²) in [5.74, 6) is 1.19. The fourth-order valence-corrected chi connectivity index (χ4v) is 10.6. The summed E-state index contributed by atoms with van der Waals surface area (Å²) in [5.41, 5.74) is 14.5. The molecule has 0 bridgehead atoms. The highest BCUT2D eigenvalue weighted by Gasteiger charge is 2.24. The normalized spacial score (nSPS) is 11.2. The third kappa shape index (κ3) is 7.25.